The van der Waals surface area contributed by atoms with Gasteiger partial charge in [0, 0.05) is 0 Å². The Balaban J connectivity index is 3.57. The molecule has 6 nitrogen and oxygen atoms in total. The largest absolute Gasteiger partial charge is 0.295 e. The summed E-state index contributed by atoms with van der Waals surface area (Å²) in [7, 11) is -9.00. The third kappa shape index (κ3) is 4.27. The van der Waals surface area contributed by atoms with Crippen LogP contribution in [0.4, 0.5) is 0 Å². The van der Waals surface area contributed by atoms with Crippen LogP contribution in [0.25, 0.3) is 4.91 Å². The van der Waals surface area contributed by atoms with Crippen molar-refractivity contribution in [1.29, 1.82) is 0 Å². The molecule has 0 fully saturated rings. The van der Waals surface area contributed by atoms with Crippen LogP contribution in [0.1, 0.15) is 19.4 Å². The fraction of sp³-hybridized carbons (Fsp3) is 0.167. The van der Waals surface area contributed by atoms with Gasteiger partial charge in [0.05, 0.1) is 4.90 Å². The average Bonchev–Trinajstić information content (AvgIpc) is 2.33. The highest BCUT2D eigenvalue weighted by Crippen LogP contribution is 2.24. The van der Waals surface area contributed by atoms with E-state index >= 15 is 0 Å². The number of hydrogen-bond donors (Lipinski definition) is 2. The van der Waals surface area contributed by atoms with Crippen molar-refractivity contribution in [3.8, 4) is 0 Å². The molecule has 20 heavy (non-hydrogen) atoms. The first kappa shape index (κ1) is 16.6. The zero-order valence-corrected chi connectivity index (χ0v) is 12.4. The van der Waals surface area contributed by atoms with Crippen molar-refractivity contribution in [2.45, 2.75) is 18.7 Å². The lowest BCUT2D eigenvalue weighted by Crippen LogP contribution is -2.04. The molecule has 0 radical (unpaired) electrons. The van der Waals surface area contributed by atoms with Gasteiger partial charge in [0.1, 0.15) is 4.91 Å². The van der Waals surface area contributed by atoms with Crippen molar-refractivity contribution in [3.63, 3.8) is 0 Å². The van der Waals surface area contributed by atoms with E-state index in [1.165, 1.54) is 18.2 Å². The maximum atomic E-state index is 11.4. The summed E-state index contributed by atoms with van der Waals surface area (Å²) in [6.07, 6.45) is 2.83. The molecule has 0 spiro atoms. The molecule has 0 saturated heterocycles. The summed E-state index contributed by atoms with van der Waals surface area (Å²) < 4.78 is 63.1. The summed E-state index contributed by atoms with van der Waals surface area (Å²) in [4.78, 5) is -0.902. The minimum absolute atomic E-state index is 0.0381. The fourth-order valence-electron chi connectivity index (χ4n) is 1.41. The topological polar surface area (TPSA) is 109 Å². The van der Waals surface area contributed by atoms with Crippen LogP contribution < -0.4 is 0 Å². The molecule has 0 bridgehead atoms. The Bertz CT molecular complexity index is 770. The number of hydrogen-bond acceptors (Lipinski definition) is 4. The molecule has 0 unspecified atom stereocenters. The van der Waals surface area contributed by atoms with E-state index in [0.717, 1.165) is 12.1 Å². The van der Waals surface area contributed by atoms with E-state index in [4.69, 9.17) is 4.55 Å². The Kier molecular flexibility index (Phi) is 4.87. The van der Waals surface area contributed by atoms with Gasteiger partial charge in [-0.1, -0.05) is 23.8 Å². The first-order valence-electron chi connectivity index (χ1n) is 5.45. The molecule has 1 aromatic rings. The summed E-state index contributed by atoms with van der Waals surface area (Å²) in [6, 6.07) is 4.67. The second-order valence-corrected chi connectivity index (χ2v) is 6.83. The molecule has 0 saturated carbocycles. The smallest absolute Gasteiger partial charge is 0.282 e. The number of rotatable bonds is 4. The van der Waals surface area contributed by atoms with Gasteiger partial charge in [-0.2, -0.15) is 16.8 Å². The van der Waals surface area contributed by atoms with Gasteiger partial charge in [0.15, 0.2) is 0 Å². The molecular formula is C12H14O6S2. The van der Waals surface area contributed by atoms with E-state index in [2.05, 4.69) is 0 Å². The second-order valence-electron chi connectivity index (χ2n) is 4.02. The number of benzene rings is 1. The van der Waals surface area contributed by atoms with E-state index in [1.807, 2.05) is 0 Å². The zero-order valence-electron chi connectivity index (χ0n) is 10.8. The molecule has 0 aliphatic carbocycles. The zero-order chi connectivity index (χ0) is 15.6. The molecule has 0 atom stereocenters. The Hall–Kier alpha value is -1.48. The van der Waals surface area contributed by atoms with Crippen LogP contribution in [0.5, 0.6) is 0 Å². The van der Waals surface area contributed by atoms with Gasteiger partial charge in [0.25, 0.3) is 20.2 Å². The molecule has 0 aromatic heterocycles. The molecule has 110 valence electrons. The molecule has 8 heteroatoms. The fourth-order valence-corrected chi connectivity index (χ4v) is 2.69. The Morgan fingerprint density at radius 2 is 1.75 bits per heavy atom. The first-order chi connectivity index (χ1) is 9.05. The Morgan fingerprint density at radius 3 is 2.20 bits per heavy atom. The Morgan fingerprint density at radius 1 is 1.15 bits per heavy atom. The van der Waals surface area contributed by atoms with Crippen LogP contribution in [0.15, 0.2) is 46.9 Å². The van der Waals surface area contributed by atoms with E-state index in [-0.39, 0.29) is 5.56 Å². The SMILES string of the molecule is C/C=C(C)\C=C(/c1cccc(S(=O)(=O)O)c1)S(=O)(=O)O. The van der Waals surface area contributed by atoms with Crippen molar-refractivity contribution < 1.29 is 25.9 Å². The highest BCUT2D eigenvalue weighted by atomic mass is 32.2. The van der Waals surface area contributed by atoms with E-state index < -0.39 is 30.0 Å². The quantitative estimate of drug-likeness (QED) is 0.650. The standard InChI is InChI=1S/C12H14O6S2/c1-3-9(2)7-12(20(16,17)18)10-5-4-6-11(8-10)19(13,14)15/h3-8H,1-2H3,(H,13,14,15)(H,16,17,18)/b9-3-,12-7+. The molecule has 0 aliphatic heterocycles. The van der Waals surface area contributed by atoms with Gasteiger partial charge in [-0.15, -0.1) is 0 Å². The van der Waals surface area contributed by atoms with Crippen molar-refractivity contribution in [1.82, 2.24) is 0 Å². The number of allylic oxidation sites excluding steroid dienone is 3. The van der Waals surface area contributed by atoms with Crippen LogP contribution in [-0.2, 0) is 20.2 Å². The summed E-state index contributed by atoms with van der Waals surface area (Å²) in [5.74, 6) is 0. The van der Waals surface area contributed by atoms with E-state index in [0.29, 0.717) is 5.57 Å². The lowest BCUT2D eigenvalue weighted by molar-refractivity contribution is 0.482. The van der Waals surface area contributed by atoms with Gasteiger partial charge in [-0.3, -0.25) is 9.11 Å². The maximum absolute atomic E-state index is 11.4. The highest BCUT2D eigenvalue weighted by Gasteiger charge is 2.19. The second kappa shape index (κ2) is 5.88. The van der Waals surface area contributed by atoms with Crippen LogP contribution in [0.2, 0.25) is 0 Å². The van der Waals surface area contributed by atoms with Gasteiger partial charge in [-0.25, -0.2) is 0 Å². The van der Waals surface area contributed by atoms with E-state index in [9.17, 15) is 21.4 Å². The van der Waals surface area contributed by atoms with Crippen LogP contribution in [0.3, 0.4) is 0 Å². The average molecular weight is 318 g/mol. The van der Waals surface area contributed by atoms with Crippen LogP contribution >= 0.6 is 0 Å². The van der Waals surface area contributed by atoms with Gasteiger partial charge in [-0.05, 0) is 37.6 Å². The predicted octanol–water partition coefficient (Wildman–Crippen LogP) is 2.13. The molecule has 0 heterocycles. The van der Waals surface area contributed by atoms with Crippen molar-refractivity contribution >= 4 is 25.1 Å². The molecular weight excluding hydrogens is 304 g/mol. The third-order valence-electron chi connectivity index (χ3n) is 2.51. The molecule has 0 amide bonds. The monoisotopic (exact) mass is 318 g/mol. The lowest BCUT2D eigenvalue weighted by atomic mass is 10.1. The molecule has 2 N–H and O–H groups in total. The minimum atomic E-state index is -4.54. The first-order valence-corrected chi connectivity index (χ1v) is 8.33. The summed E-state index contributed by atoms with van der Waals surface area (Å²) in [6.45, 7) is 3.31. The van der Waals surface area contributed by atoms with Crippen LogP contribution in [-0.4, -0.2) is 25.9 Å². The summed E-state index contributed by atoms with van der Waals surface area (Å²) in [5, 5.41) is 0. The third-order valence-corrected chi connectivity index (χ3v) is 4.27. The van der Waals surface area contributed by atoms with Crippen molar-refractivity contribution in [3.05, 3.63) is 47.6 Å². The van der Waals surface area contributed by atoms with Gasteiger partial charge >= 0.3 is 0 Å². The Labute approximate surface area is 117 Å². The van der Waals surface area contributed by atoms with Crippen LogP contribution in [0, 0.1) is 0 Å². The maximum Gasteiger partial charge on any atom is 0.295 e. The van der Waals surface area contributed by atoms with Gasteiger partial charge in [0.2, 0.25) is 0 Å². The van der Waals surface area contributed by atoms with Crippen molar-refractivity contribution in [2.75, 3.05) is 0 Å². The molecule has 1 rings (SSSR count). The molecule has 1 aromatic carbocycles. The van der Waals surface area contributed by atoms with E-state index in [1.54, 1.807) is 19.9 Å². The normalized spacial score (nSPS) is 14.4. The minimum Gasteiger partial charge on any atom is -0.282 e. The lowest BCUT2D eigenvalue weighted by Gasteiger charge is -2.06. The molecule has 0 aliphatic rings. The highest BCUT2D eigenvalue weighted by molar-refractivity contribution is 7.95. The van der Waals surface area contributed by atoms with Crippen molar-refractivity contribution in [2.24, 2.45) is 0 Å². The predicted molar refractivity (Wildman–Crippen MR) is 75.2 cm³/mol. The van der Waals surface area contributed by atoms with Gasteiger partial charge < -0.3 is 0 Å². The summed E-state index contributed by atoms with van der Waals surface area (Å²) in [5.41, 5.74) is 0.527. The summed E-state index contributed by atoms with van der Waals surface area (Å²) >= 11 is 0.